The molecule has 0 amide bonds. The van der Waals surface area contributed by atoms with E-state index in [0.717, 1.165) is 66.8 Å². The first-order chi connectivity index (χ1) is 15.2. The van der Waals surface area contributed by atoms with E-state index in [9.17, 15) is 4.55 Å². The average molecular weight is 448 g/mol. The van der Waals surface area contributed by atoms with Gasteiger partial charge in [0.05, 0.1) is 22.8 Å². The molecule has 8 nitrogen and oxygen atoms in total. The number of aryl methyl sites for hydroxylation is 1. The van der Waals surface area contributed by atoms with Crippen LogP contribution in [-0.4, -0.2) is 44.4 Å². The molecule has 0 bridgehead atoms. The van der Waals surface area contributed by atoms with E-state index < -0.39 is 11.2 Å². The molecular weight excluding hydrogens is 430 g/mol. The Morgan fingerprint density at radius 1 is 1.29 bits per heavy atom. The van der Waals surface area contributed by atoms with Gasteiger partial charge in [0, 0.05) is 47.0 Å². The van der Waals surface area contributed by atoms with Gasteiger partial charge < -0.3 is 4.55 Å². The Morgan fingerprint density at radius 2 is 2.19 bits per heavy atom. The van der Waals surface area contributed by atoms with Crippen LogP contribution in [-0.2, 0) is 18.2 Å². The Morgan fingerprint density at radius 3 is 3.03 bits per heavy atom. The zero-order valence-electron chi connectivity index (χ0n) is 16.6. The van der Waals surface area contributed by atoms with Crippen LogP contribution in [0.25, 0.3) is 48.9 Å². The molecule has 1 atom stereocenters. The van der Waals surface area contributed by atoms with Crippen LogP contribution in [0.2, 0.25) is 0 Å². The van der Waals surface area contributed by atoms with Crippen LogP contribution in [0.15, 0.2) is 41.0 Å². The molecule has 7 rings (SSSR count). The third kappa shape index (κ3) is 2.52. The monoisotopic (exact) mass is 447 g/mol. The smallest absolute Gasteiger partial charge is 0.234 e. The summed E-state index contributed by atoms with van der Waals surface area (Å²) in [6.07, 6.45) is 8.75. The molecule has 0 radical (unpaired) electrons. The van der Waals surface area contributed by atoms with Crippen molar-refractivity contribution in [1.29, 1.82) is 0 Å². The number of thiophene rings is 1. The molecule has 1 N–H and O–H groups in total. The molecule has 0 spiro atoms. The molecule has 1 aliphatic carbocycles. The fraction of sp³-hybridized carbons (Fsp3) is 0.238. The maximum absolute atomic E-state index is 13.3. The molecule has 6 aromatic heterocycles. The molecule has 1 aliphatic rings. The number of H-pyrrole nitrogens is 1. The van der Waals surface area contributed by atoms with Gasteiger partial charge in [-0.15, -0.1) is 0 Å². The van der Waals surface area contributed by atoms with Crippen LogP contribution in [0, 0.1) is 0 Å². The van der Waals surface area contributed by atoms with Crippen LogP contribution >= 0.6 is 11.3 Å². The number of aromatic nitrogens is 7. The molecule has 0 aromatic carbocycles. The highest BCUT2D eigenvalue weighted by molar-refractivity contribution is 7.94. The largest absolute Gasteiger partial charge is 0.611 e. The Kier molecular flexibility index (Phi) is 3.59. The van der Waals surface area contributed by atoms with Crippen molar-refractivity contribution in [2.75, 3.05) is 0 Å². The minimum absolute atomic E-state index is 0.241. The molecule has 1 saturated carbocycles. The number of hydrogen-bond acceptors (Lipinski definition) is 6. The molecule has 0 aliphatic heterocycles. The molecule has 6 heterocycles. The summed E-state index contributed by atoms with van der Waals surface area (Å²) in [5.74, 6) is 0. The molecule has 6 aromatic rings. The van der Waals surface area contributed by atoms with Crippen molar-refractivity contribution >= 4 is 60.2 Å². The number of nitrogens with zero attached hydrogens (tertiary/aromatic N) is 6. The zero-order valence-corrected chi connectivity index (χ0v) is 18.2. The lowest BCUT2D eigenvalue weighted by Gasteiger charge is -2.26. The Balaban J connectivity index is 1.51. The van der Waals surface area contributed by atoms with Gasteiger partial charge >= 0.3 is 0 Å². The number of pyridine rings is 2. The second-order valence-corrected chi connectivity index (χ2v) is 11.0. The normalized spacial score (nSPS) is 16.1. The van der Waals surface area contributed by atoms with Crippen LogP contribution in [0.1, 0.15) is 19.3 Å². The minimum Gasteiger partial charge on any atom is -0.611 e. The highest BCUT2D eigenvalue weighted by atomic mass is 32.2. The standard InChI is InChI=1S/C21H17N7OS2/c1-27-10-12-7-11(9-22-19(12)26-27)15-8-14-16-5-6-23-28(16)25-18-17(14)20(24-15)30-21(18)31(29)13-3-2-4-13/h5-10,13,25H,2-4H2,1H3. The van der Waals surface area contributed by atoms with Gasteiger partial charge in [-0.05, 0) is 37.5 Å². The van der Waals surface area contributed by atoms with Crippen LogP contribution < -0.4 is 0 Å². The zero-order chi connectivity index (χ0) is 20.7. The molecule has 1 unspecified atom stereocenters. The summed E-state index contributed by atoms with van der Waals surface area (Å²) in [5, 5.41) is 15.4. The summed E-state index contributed by atoms with van der Waals surface area (Å²) < 4.78 is 17.7. The molecular formula is C21H17N7OS2. The number of aromatic amines is 1. The van der Waals surface area contributed by atoms with Gasteiger partial charge in [0.2, 0.25) is 4.21 Å². The van der Waals surface area contributed by atoms with E-state index in [1.807, 2.05) is 25.5 Å². The van der Waals surface area contributed by atoms with Crippen molar-refractivity contribution in [3.63, 3.8) is 0 Å². The van der Waals surface area contributed by atoms with Gasteiger partial charge in [-0.2, -0.15) is 14.8 Å². The van der Waals surface area contributed by atoms with Crippen LogP contribution in [0.4, 0.5) is 0 Å². The lowest BCUT2D eigenvalue weighted by molar-refractivity contribution is 0.478. The average Bonchev–Trinajstić information content (AvgIpc) is 3.42. The molecule has 10 heteroatoms. The predicted octanol–water partition coefficient (Wildman–Crippen LogP) is 4.03. The highest BCUT2D eigenvalue weighted by Crippen LogP contribution is 2.43. The first kappa shape index (κ1) is 17.7. The number of hydrogen-bond donors (Lipinski definition) is 1. The Bertz CT molecular complexity index is 1620. The van der Waals surface area contributed by atoms with Gasteiger partial charge in [-0.3, -0.25) is 9.78 Å². The lowest BCUT2D eigenvalue weighted by Crippen LogP contribution is -2.28. The maximum Gasteiger partial charge on any atom is 0.234 e. The van der Waals surface area contributed by atoms with E-state index in [4.69, 9.17) is 4.98 Å². The van der Waals surface area contributed by atoms with Crippen LogP contribution in [0.3, 0.4) is 0 Å². The minimum atomic E-state index is -1.04. The van der Waals surface area contributed by atoms with Gasteiger partial charge in [0.15, 0.2) is 5.65 Å². The third-order valence-corrected chi connectivity index (χ3v) is 9.34. The number of rotatable bonds is 3. The van der Waals surface area contributed by atoms with Crippen molar-refractivity contribution in [2.24, 2.45) is 7.05 Å². The molecule has 0 saturated heterocycles. The topological polar surface area (TPSA) is 99.8 Å². The summed E-state index contributed by atoms with van der Waals surface area (Å²) in [4.78, 5) is 10.4. The predicted molar refractivity (Wildman–Crippen MR) is 122 cm³/mol. The van der Waals surface area contributed by atoms with E-state index in [-0.39, 0.29) is 5.25 Å². The SMILES string of the molecule is Cn1cc2cc(-c3cc4c5c(n3)sc([S+]([O-])C3CCC3)c5[nH]n3nccc43)cnc2n1. The third-order valence-electron chi connectivity index (χ3n) is 6.07. The summed E-state index contributed by atoms with van der Waals surface area (Å²) >= 11 is 0.487. The van der Waals surface area contributed by atoms with E-state index in [1.165, 1.54) is 11.3 Å². The Hall–Kier alpha value is -2.95. The maximum atomic E-state index is 13.3. The summed E-state index contributed by atoms with van der Waals surface area (Å²) in [6, 6.07) is 6.13. The van der Waals surface area contributed by atoms with Crippen molar-refractivity contribution < 1.29 is 4.55 Å². The van der Waals surface area contributed by atoms with Crippen LogP contribution in [0.5, 0.6) is 0 Å². The van der Waals surface area contributed by atoms with Gasteiger partial charge in [-0.1, -0.05) is 11.3 Å². The van der Waals surface area contributed by atoms with Gasteiger partial charge in [0.1, 0.15) is 15.6 Å². The lowest BCUT2D eigenvalue weighted by atomic mass is 10.0. The van der Waals surface area contributed by atoms with Gasteiger partial charge in [-0.25, -0.2) is 9.97 Å². The number of fused-ring (bicyclic) bond motifs is 3. The molecule has 31 heavy (non-hydrogen) atoms. The Labute approximate surface area is 183 Å². The fourth-order valence-corrected chi connectivity index (χ4v) is 7.55. The van der Waals surface area contributed by atoms with E-state index in [0.29, 0.717) is 5.65 Å². The molecule has 154 valence electrons. The van der Waals surface area contributed by atoms with Crippen molar-refractivity contribution in [3.05, 3.63) is 36.8 Å². The van der Waals surface area contributed by atoms with E-state index in [1.54, 1.807) is 15.5 Å². The van der Waals surface area contributed by atoms with Crippen molar-refractivity contribution in [1.82, 2.24) is 34.6 Å². The second kappa shape index (κ2) is 6.28. The van der Waals surface area contributed by atoms with Crippen molar-refractivity contribution in [3.8, 4) is 11.3 Å². The first-order valence-corrected chi connectivity index (χ1v) is 12.2. The summed E-state index contributed by atoms with van der Waals surface area (Å²) in [6.45, 7) is 0. The second-order valence-electron chi connectivity index (χ2n) is 8.03. The van der Waals surface area contributed by atoms with E-state index >= 15 is 0 Å². The number of nitrogens with one attached hydrogen (secondary N) is 1. The molecule has 1 fully saturated rings. The quantitative estimate of drug-likeness (QED) is 0.413. The first-order valence-electron chi connectivity index (χ1n) is 10.1. The van der Waals surface area contributed by atoms with E-state index in [2.05, 4.69) is 32.4 Å². The van der Waals surface area contributed by atoms with Crippen molar-refractivity contribution in [2.45, 2.75) is 28.7 Å². The highest BCUT2D eigenvalue weighted by Gasteiger charge is 2.35. The van der Waals surface area contributed by atoms with Gasteiger partial charge in [0.25, 0.3) is 0 Å². The fourth-order valence-electron chi connectivity index (χ4n) is 4.28. The summed E-state index contributed by atoms with van der Waals surface area (Å²) in [5.41, 5.74) is 4.34. The summed E-state index contributed by atoms with van der Waals surface area (Å²) in [7, 11) is 1.89.